The van der Waals surface area contributed by atoms with Crippen LogP contribution in [0.2, 0.25) is 0 Å². The van der Waals surface area contributed by atoms with E-state index in [0.29, 0.717) is 18.9 Å². The minimum atomic E-state index is -0.547. The van der Waals surface area contributed by atoms with E-state index in [9.17, 15) is 9.90 Å². The number of carbonyl (C=O) groups is 1. The molecule has 138 valence electrons. The second kappa shape index (κ2) is 8.19. The Morgan fingerprint density at radius 2 is 1.88 bits per heavy atom. The zero-order valence-corrected chi connectivity index (χ0v) is 15.1. The van der Waals surface area contributed by atoms with Crippen molar-refractivity contribution < 1.29 is 19.4 Å². The summed E-state index contributed by atoms with van der Waals surface area (Å²) in [6.07, 6.45) is 4.15. The molecule has 3 atom stereocenters. The normalized spacial score (nSPS) is 32.6. The average Bonchev–Trinajstić information content (AvgIpc) is 2.93. The van der Waals surface area contributed by atoms with E-state index >= 15 is 0 Å². The Labute approximate surface area is 149 Å². The lowest BCUT2D eigenvalue weighted by molar-refractivity contribution is -0.0252. The van der Waals surface area contributed by atoms with Crippen LogP contribution in [0.1, 0.15) is 50.5 Å². The maximum absolute atomic E-state index is 12.0. The van der Waals surface area contributed by atoms with Crippen molar-refractivity contribution in [1.29, 1.82) is 0 Å². The molecule has 2 unspecified atom stereocenters. The molecule has 1 aliphatic heterocycles. The number of nitrogens with zero attached hydrogens (tertiary/aromatic N) is 1. The molecule has 1 saturated heterocycles. The first-order valence-electron chi connectivity index (χ1n) is 9.31. The highest BCUT2D eigenvalue weighted by Gasteiger charge is 2.42. The zero-order chi connectivity index (χ0) is 17.8. The van der Waals surface area contributed by atoms with Gasteiger partial charge in [0.2, 0.25) is 0 Å². The van der Waals surface area contributed by atoms with Gasteiger partial charge < -0.3 is 14.6 Å². The summed E-state index contributed by atoms with van der Waals surface area (Å²) in [5.41, 5.74) is 1.41. The number of amides is 1. The molecule has 1 amide bonds. The molecule has 1 aromatic rings. The van der Waals surface area contributed by atoms with Gasteiger partial charge in [0.05, 0.1) is 32.0 Å². The number of benzene rings is 1. The Morgan fingerprint density at radius 1 is 1.20 bits per heavy atom. The van der Waals surface area contributed by atoms with E-state index in [1.165, 1.54) is 12.7 Å². The van der Waals surface area contributed by atoms with Crippen molar-refractivity contribution in [1.82, 2.24) is 4.90 Å². The Balaban J connectivity index is 1.50. The maximum Gasteiger partial charge on any atom is 0.410 e. The third kappa shape index (κ3) is 4.15. The predicted molar refractivity (Wildman–Crippen MR) is 95.5 cm³/mol. The Kier molecular flexibility index (Phi) is 5.97. The molecule has 2 aliphatic rings. The minimum absolute atomic E-state index is 0.0233. The lowest BCUT2D eigenvalue weighted by atomic mass is 9.83. The van der Waals surface area contributed by atoms with E-state index in [1.807, 2.05) is 6.92 Å². The van der Waals surface area contributed by atoms with Crippen LogP contribution in [0.3, 0.4) is 0 Å². The first kappa shape index (κ1) is 18.2. The topological polar surface area (TPSA) is 59.0 Å². The van der Waals surface area contributed by atoms with Crippen molar-refractivity contribution >= 4 is 6.09 Å². The summed E-state index contributed by atoms with van der Waals surface area (Å²) in [4.78, 5) is 13.6. The largest absolute Gasteiger partial charge is 0.453 e. The van der Waals surface area contributed by atoms with Gasteiger partial charge in [-0.15, -0.1) is 0 Å². The van der Waals surface area contributed by atoms with Crippen molar-refractivity contribution in [3.05, 3.63) is 35.9 Å². The SMILES string of the molecule is COC(=O)N1C(CO[C@H]2CC[C@@H](c3ccccc3)CC2)C(O)C[C@H]1C. The van der Waals surface area contributed by atoms with Crippen molar-refractivity contribution in [2.45, 2.75) is 69.2 Å². The van der Waals surface area contributed by atoms with Crippen LogP contribution >= 0.6 is 0 Å². The molecule has 1 heterocycles. The van der Waals surface area contributed by atoms with Gasteiger partial charge in [0.1, 0.15) is 0 Å². The van der Waals surface area contributed by atoms with Gasteiger partial charge in [0.15, 0.2) is 0 Å². The summed E-state index contributed by atoms with van der Waals surface area (Å²) >= 11 is 0. The summed E-state index contributed by atoms with van der Waals surface area (Å²) in [6.45, 7) is 2.31. The van der Waals surface area contributed by atoms with Gasteiger partial charge in [-0.25, -0.2) is 4.79 Å². The monoisotopic (exact) mass is 347 g/mol. The zero-order valence-electron chi connectivity index (χ0n) is 15.1. The highest BCUT2D eigenvalue weighted by molar-refractivity contribution is 5.69. The van der Waals surface area contributed by atoms with E-state index in [2.05, 4.69) is 30.3 Å². The summed E-state index contributed by atoms with van der Waals surface area (Å²) in [6, 6.07) is 10.3. The van der Waals surface area contributed by atoms with Crippen LogP contribution in [0.4, 0.5) is 4.79 Å². The Morgan fingerprint density at radius 3 is 2.52 bits per heavy atom. The van der Waals surface area contributed by atoms with Gasteiger partial charge in [0, 0.05) is 6.04 Å². The van der Waals surface area contributed by atoms with Gasteiger partial charge in [0.25, 0.3) is 0 Å². The van der Waals surface area contributed by atoms with Crippen LogP contribution in [-0.4, -0.2) is 54.1 Å². The van der Waals surface area contributed by atoms with E-state index in [0.717, 1.165) is 25.7 Å². The molecule has 1 aromatic carbocycles. The average molecular weight is 347 g/mol. The summed E-state index contributed by atoms with van der Waals surface area (Å²) in [5, 5.41) is 10.3. The first-order chi connectivity index (χ1) is 12.1. The van der Waals surface area contributed by atoms with Gasteiger partial charge in [-0.05, 0) is 50.5 Å². The smallest absolute Gasteiger partial charge is 0.410 e. The molecular formula is C20H29NO4. The lowest BCUT2D eigenvalue weighted by Crippen LogP contribution is -2.45. The van der Waals surface area contributed by atoms with E-state index < -0.39 is 6.10 Å². The van der Waals surface area contributed by atoms with E-state index in [1.54, 1.807) is 4.90 Å². The van der Waals surface area contributed by atoms with Crippen LogP contribution in [0.15, 0.2) is 30.3 Å². The second-order valence-electron chi connectivity index (χ2n) is 7.31. The molecule has 0 spiro atoms. The molecule has 0 radical (unpaired) electrons. The fraction of sp³-hybridized carbons (Fsp3) is 0.650. The van der Waals surface area contributed by atoms with Crippen LogP contribution < -0.4 is 0 Å². The Hall–Kier alpha value is -1.59. The van der Waals surface area contributed by atoms with E-state index in [4.69, 9.17) is 9.47 Å². The number of ether oxygens (including phenoxy) is 2. The molecule has 5 heteroatoms. The summed E-state index contributed by atoms with van der Waals surface area (Å²) in [5.74, 6) is 0.615. The van der Waals surface area contributed by atoms with Crippen LogP contribution in [0, 0.1) is 0 Å². The van der Waals surface area contributed by atoms with Crippen molar-refractivity contribution in [3.63, 3.8) is 0 Å². The molecule has 2 fully saturated rings. The van der Waals surface area contributed by atoms with E-state index in [-0.39, 0.29) is 24.3 Å². The van der Waals surface area contributed by atoms with Crippen LogP contribution in [0.25, 0.3) is 0 Å². The second-order valence-corrected chi connectivity index (χ2v) is 7.31. The standard InChI is InChI=1S/C20H29NO4/c1-14-12-19(22)18(21(14)20(23)24-2)13-25-17-10-8-16(9-11-17)15-6-4-3-5-7-15/h3-7,14,16-19,22H,8-13H2,1-2H3/t14-,16-,17+,18?,19?/m1/s1. The number of rotatable bonds is 4. The molecular weight excluding hydrogens is 318 g/mol. The molecule has 1 N–H and O–H groups in total. The predicted octanol–water partition coefficient (Wildman–Crippen LogP) is 3.32. The number of likely N-dealkylation sites (tertiary alicyclic amines) is 1. The highest BCUT2D eigenvalue weighted by atomic mass is 16.5. The number of carbonyl (C=O) groups excluding carboxylic acids is 1. The van der Waals surface area contributed by atoms with Crippen molar-refractivity contribution in [2.24, 2.45) is 0 Å². The number of hydrogen-bond acceptors (Lipinski definition) is 4. The first-order valence-corrected chi connectivity index (χ1v) is 9.31. The molecule has 0 aromatic heterocycles. The fourth-order valence-electron chi connectivity index (χ4n) is 4.27. The fourth-order valence-corrected chi connectivity index (χ4v) is 4.27. The van der Waals surface area contributed by atoms with Crippen LogP contribution in [-0.2, 0) is 9.47 Å². The summed E-state index contributed by atoms with van der Waals surface area (Å²) in [7, 11) is 1.38. The van der Waals surface area contributed by atoms with Gasteiger partial charge >= 0.3 is 6.09 Å². The lowest BCUT2D eigenvalue weighted by Gasteiger charge is -2.32. The third-order valence-electron chi connectivity index (χ3n) is 5.69. The molecule has 3 rings (SSSR count). The third-order valence-corrected chi connectivity index (χ3v) is 5.69. The molecule has 25 heavy (non-hydrogen) atoms. The minimum Gasteiger partial charge on any atom is -0.453 e. The quantitative estimate of drug-likeness (QED) is 0.908. The highest BCUT2D eigenvalue weighted by Crippen LogP contribution is 2.34. The number of aliphatic hydroxyl groups is 1. The van der Waals surface area contributed by atoms with Gasteiger partial charge in [-0.3, -0.25) is 4.90 Å². The molecule has 1 saturated carbocycles. The molecule has 1 aliphatic carbocycles. The molecule has 5 nitrogen and oxygen atoms in total. The van der Waals surface area contributed by atoms with Crippen molar-refractivity contribution in [3.8, 4) is 0 Å². The summed E-state index contributed by atoms with van der Waals surface area (Å²) < 4.78 is 10.9. The van der Waals surface area contributed by atoms with Gasteiger partial charge in [-0.2, -0.15) is 0 Å². The Bertz CT molecular complexity index is 556. The maximum atomic E-state index is 12.0. The number of methoxy groups -OCH3 is 1. The number of aliphatic hydroxyl groups excluding tert-OH is 1. The number of hydrogen-bond donors (Lipinski definition) is 1. The van der Waals surface area contributed by atoms with Crippen molar-refractivity contribution in [2.75, 3.05) is 13.7 Å². The van der Waals surface area contributed by atoms with Gasteiger partial charge in [-0.1, -0.05) is 30.3 Å². The van der Waals surface area contributed by atoms with Crippen LogP contribution in [0.5, 0.6) is 0 Å². The molecule has 0 bridgehead atoms.